The summed E-state index contributed by atoms with van der Waals surface area (Å²) < 4.78 is 8.17. The number of hydrogen-bond donors (Lipinski definition) is 0. The zero-order valence-electron chi connectivity index (χ0n) is 17.3. The highest BCUT2D eigenvalue weighted by atomic mass is 35.5. The Morgan fingerprint density at radius 3 is 1.88 bits per heavy atom. The van der Waals surface area contributed by atoms with Crippen LogP contribution in [-0.4, -0.2) is 4.98 Å². The Bertz CT molecular complexity index is 1300. The van der Waals surface area contributed by atoms with E-state index in [0.29, 0.717) is 5.89 Å². The largest absolute Gasteiger partial charge is 1.00 e. The minimum atomic E-state index is 0. The molecule has 0 aliphatic carbocycles. The van der Waals surface area contributed by atoms with E-state index in [0.717, 1.165) is 22.6 Å². The highest BCUT2D eigenvalue weighted by molar-refractivity contribution is 5.75. The van der Waals surface area contributed by atoms with Gasteiger partial charge in [-0.05, 0) is 16.7 Å². The summed E-state index contributed by atoms with van der Waals surface area (Å²) in [4.78, 5) is 4.57. The lowest BCUT2D eigenvalue weighted by Crippen LogP contribution is -3.00. The molecule has 0 N–H and O–H groups in total. The van der Waals surface area contributed by atoms with Crippen molar-refractivity contribution in [3.8, 4) is 22.5 Å². The van der Waals surface area contributed by atoms with Crippen LogP contribution in [0.5, 0.6) is 0 Å². The van der Waals surface area contributed by atoms with Crippen LogP contribution in [0, 0.1) is 0 Å². The molecule has 0 radical (unpaired) electrons. The fraction of sp³-hybridized carbons (Fsp3) is 0. The van der Waals surface area contributed by atoms with Crippen LogP contribution in [0.3, 0.4) is 0 Å². The minimum absolute atomic E-state index is 0. The smallest absolute Gasteiger partial charge is 0.294 e. The highest BCUT2D eigenvalue weighted by Gasteiger charge is 2.20. The average molecular weight is 437 g/mol. The van der Waals surface area contributed by atoms with E-state index in [4.69, 9.17) is 4.42 Å². The average Bonchev–Trinajstić information content (AvgIpc) is 3.35. The molecule has 0 fully saturated rings. The van der Waals surface area contributed by atoms with E-state index in [2.05, 4.69) is 59.6 Å². The third kappa shape index (κ3) is 4.69. The minimum Gasteiger partial charge on any atom is -1.00 e. The molecule has 3 aromatic carbocycles. The molecule has 0 aliphatic heterocycles. The van der Waals surface area contributed by atoms with Crippen LogP contribution in [-0.2, 0) is 0 Å². The summed E-state index contributed by atoms with van der Waals surface area (Å²) in [5, 5.41) is 0. The molecular weight excluding hydrogens is 416 g/mol. The number of pyridine rings is 1. The number of rotatable bonds is 5. The Morgan fingerprint density at radius 1 is 0.656 bits per heavy atom. The van der Waals surface area contributed by atoms with E-state index in [9.17, 15) is 0 Å². The van der Waals surface area contributed by atoms with Crippen molar-refractivity contribution >= 4 is 11.8 Å². The zero-order chi connectivity index (χ0) is 20.9. The summed E-state index contributed by atoms with van der Waals surface area (Å²) in [7, 11) is 0. The third-order valence-corrected chi connectivity index (χ3v) is 5.10. The maximum absolute atomic E-state index is 6.15. The van der Waals surface area contributed by atoms with E-state index in [1.807, 2.05) is 71.6 Å². The van der Waals surface area contributed by atoms with Crippen molar-refractivity contribution in [1.29, 1.82) is 0 Å². The molecule has 0 saturated carbocycles. The van der Waals surface area contributed by atoms with Gasteiger partial charge in [0.05, 0.1) is 6.20 Å². The molecule has 0 unspecified atom stereocenters. The number of hydrogen-bond acceptors (Lipinski definition) is 2. The van der Waals surface area contributed by atoms with E-state index in [-0.39, 0.29) is 12.4 Å². The first kappa shape index (κ1) is 21.3. The van der Waals surface area contributed by atoms with Crippen molar-refractivity contribution in [2.24, 2.45) is 0 Å². The standard InChI is InChI=1S/C28H21N2O.ClH/c1-4-10-23(11-5-1)24-16-14-22(15-17-24)20-26(30-18-8-3-9-19-30)28-29-21-27(31-28)25-12-6-2-7-13-25;/h1-21H;1H/q+1;/p-1. The molecule has 2 aromatic heterocycles. The monoisotopic (exact) mass is 436 g/mol. The number of aromatic nitrogens is 2. The molecule has 0 aliphatic rings. The number of benzene rings is 3. The van der Waals surface area contributed by atoms with Gasteiger partial charge in [0.15, 0.2) is 18.2 Å². The molecular formula is C28H21ClN2O. The van der Waals surface area contributed by atoms with Crippen LogP contribution in [0.1, 0.15) is 11.5 Å². The maximum Gasteiger partial charge on any atom is 0.294 e. The van der Waals surface area contributed by atoms with Gasteiger partial charge in [-0.2, -0.15) is 4.57 Å². The summed E-state index contributed by atoms with van der Waals surface area (Å²) in [6.45, 7) is 0. The second-order valence-electron chi connectivity index (χ2n) is 7.20. The quantitative estimate of drug-likeness (QED) is 0.395. The van der Waals surface area contributed by atoms with Gasteiger partial charge in [-0.25, -0.2) is 4.98 Å². The van der Waals surface area contributed by atoms with Gasteiger partial charge in [0.1, 0.15) is 0 Å². The normalized spacial score (nSPS) is 11.1. The molecule has 5 aromatic rings. The van der Waals surface area contributed by atoms with Crippen molar-refractivity contribution in [1.82, 2.24) is 4.98 Å². The Morgan fingerprint density at radius 2 is 1.22 bits per heavy atom. The van der Waals surface area contributed by atoms with Crippen molar-refractivity contribution in [3.63, 3.8) is 0 Å². The molecule has 156 valence electrons. The van der Waals surface area contributed by atoms with Crippen molar-refractivity contribution in [3.05, 3.63) is 133 Å². The van der Waals surface area contributed by atoms with Crippen LogP contribution < -0.4 is 17.0 Å². The van der Waals surface area contributed by atoms with Gasteiger partial charge >= 0.3 is 0 Å². The first-order valence-corrected chi connectivity index (χ1v) is 10.2. The summed E-state index contributed by atoms with van der Waals surface area (Å²) >= 11 is 0. The van der Waals surface area contributed by atoms with Gasteiger partial charge in [0.2, 0.25) is 0 Å². The Balaban J connectivity index is 0.00000245. The molecule has 0 spiro atoms. The van der Waals surface area contributed by atoms with Crippen LogP contribution in [0.15, 0.2) is 126 Å². The van der Waals surface area contributed by atoms with E-state index < -0.39 is 0 Å². The Labute approximate surface area is 193 Å². The lowest BCUT2D eigenvalue weighted by Gasteiger charge is -2.03. The summed E-state index contributed by atoms with van der Waals surface area (Å²) in [6, 6.07) is 34.9. The van der Waals surface area contributed by atoms with Crippen LogP contribution in [0.4, 0.5) is 0 Å². The number of halogens is 1. The van der Waals surface area contributed by atoms with Crippen molar-refractivity contribution < 1.29 is 21.4 Å². The highest BCUT2D eigenvalue weighted by Crippen LogP contribution is 2.25. The van der Waals surface area contributed by atoms with Gasteiger partial charge in [0.25, 0.3) is 11.6 Å². The third-order valence-electron chi connectivity index (χ3n) is 5.10. The predicted molar refractivity (Wildman–Crippen MR) is 124 cm³/mol. The van der Waals surface area contributed by atoms with Gasteiger partial charge in [-0.3, -0.25) is 0 Å². The second kappa shape index (κ2) is 9.90. The molecule has 2 heterocycles. The van der Waals surface area contributed by atoms with E-state index >= 15 is 0 Å². The van der Waals surface area contributed by atoms with Crippen molar-refractivity contribution in [2.75, 3.05) is 0 Å². The summed E-state index contributed by atoms with van der Waals surface area (Å²) in [5.74, 6) is 1.32. The molecule has 0 amide bonds. The second-order valence-corrected chi connectivity index (χ2v) is 7.20. The van der Waals surface area contributed by atoms with Gasteiger partial charge < -0.3 is 16.8 Å². The number of oxazole rings is 1. The molecule has 3 nitrogen and oxygen atoms in total. The molecule has 32 heavy (non-hydrogen) atoms. The van der Waals surface area contributed by atoms with Crippen LogP contribution in [0.25, 0.3) is 34.2 Å². The first-order valence-electron chi connectivity index (χ1n) is 10.2. The molecule has 0 atom stereocenters. The SMILES string of the molecule is C(=C(c1ncc(-c2ccccc2)o1)[n+]1ccccc1)c1ccc(-c2ccccc2)cc1.[Cl-]. The maximum atomic E-state index is 6.15. The Hall–Kier alpha value is -3.95. The van der Waals surface area contributed by atoms with Gasteiger partial charge in [-0.15, -0.1) is 0 Å². The molecule has 5 rings (SSSR count). The fourth-order valence-electron chi connectivity index (χ4n) is 3.49. The lowest BCUT2D eigenvalue weighted by molar-refractivity contribution is -0.579. The number of nitrogens with zero attached hydrogens (tertiary/aromatic N) is 2. The van der Waals surface area contributed by atoms with Gasteiger partial charge in [-0.1, -0.05) is 91.0 Å². The first-order chi connectivity index (χ1) is 15.4. The van der Waals surface area contributed by atoms with E-state index in [1.165, 1.54) is 11.1 Å². The zero-order valence-corrected chi connectivity index (χ0v) is 18.1. The van der Waals surface area contributed by atoms with E-state index in [1.54, 1.807) is 6.20 Å². The van der Waals surface area contributed by atoms with Crippen LogP contribution in [0.2, 0.25) is 0 Å². The lowest BCUT2D eigenvalue weighted by atomic mass is 10.0. The fourth-order valence-corrected chi connectivity index (χ4v) is 3.49. The van der Waals surface area contributed by atoms with Crippen molar-refractivity contribution in [2.45, 2.75) is 0 Å². The Kier molecular flexibility index (Phi) is 6.59. The summed E-state index contributed by atoms with van der Waals surface area (Å²) in [5.41, 5.74) is 5.34. The molecule has 0 saturated heterocycles. The van der Waals surface area contributed by atoms with Crippen LogP contribution >= 0.6 is 0 Å². The summed E-state index contributed by atoms with van der Waals surface area (Å²) in [6.07, 6.45) is 7.86. The predicted octanol–water partition coefficient (Wildman–Crippen LogP) is 3.35. The molecule has 0 bridgehead atoms. The topological polar surface area (TPSA) is 29.9 Å². The van der Waals surface area contributed by atoms with Gasteiger partial charge in [0, 0.05) is 23.8 Å². The molecule has 4 heteroatoms.